The van der Waals surface area contributed by atoms with Crippen LogP contribution in [0.2, 0.25) is 0 Å². The van der Waals surface area contributed by atoms with Gasteiger partial charge in [-0.2, -0.15) is 0 Å². The van der Waals surface area contributed by atoms with Crippen LogP contribution in [0, 0.1) is 5.41 Å². The van der Waals surface area contributed by atoms with Gasteiger partial charge >= 0.3 is 0 Å². The second-order valence-electron chi connectivity index (χ2n) is 5.66. The van der Waals surface area contributed by atoms with E-state index in [-0.39, 0.29) is 18.0 Å². The van der Waals surface area contributed by atoms with Gasteiger partial charge in [-0.1, -0.05) is 0 Å². The predicted octanol–water partition coefficient (Wildman–Crippen LogP) is -0.268. The Balaban J connectivity index is 1.81. The van der Waals surface area contributed by atoms with Gasteiger partial charge < -0.3 is 15.2 Å². The first-order chi connectivity index (χ1) is 9.06. The van der Waals surface area contributed by atoms with Crippen molar-refractivity contribution < 1.29 is 9.47 Å². The maximum atomic E-state index is 7.47. The number of ether oxygens (including phenoxy) is 2. The molecule has 2 aliphatic heterocycles. The highest BCUT2D eigenvalue weighted by Gasteiger charge is 2.28. The van der Waals surface area contributed by atoms with Crippen LogP contribution in [0.5, 0.6) is 0 Å². The van der Waals surface area contributed by atoms with Crippen LogP contribution in [0.4, 0.5) is 0 Å². The zero-order chi connectivity index (χ0) is 13.8. The van der Waals surface area contributed by atoms with E-state index in [4.69, 9.17) is 20.6 Å². The molecule has 2 atom stereocenters. The topological polar surface area (TPSA) is 74.8 Å². The van der Waals surface area contributed by atoms with E-state index in [1.807, 2.05) is 0 Å². The number of morpholine rings is 2. The molecular weight excluding hydrogens is 244 g/mol. The van der Waals surface area contributed by atoms with E-state index < -0.39 is 0 Å². The van der Waals surface area contributed by atoms with Gasteiger partial charge in [0.2, 0.25) is 0 Å². The predicted molar refractivity (Wildman–Crippen MR) is 74.5 cm³/mol. The molecule has 0 spiro atoms. The Morgan fingerprint density at radius 3 is 2.68 bits per heavy atom. The van der Waals surface area contributed by atoms with Crippen molar-refractivity contribution in [1.29, 1.82) is 5.41 Å². The number of rotatable bonds is 4. The first kappa shape index (κ1) is 14.7. The van der Waals surface area contributed by atoms with Gasteiger partial charge in [-0.15, -0.1) is 0 Å². The molecule has 6 heteroatoms. The van der Waals surface area contributed by atoms with Gasteiger partial charge in [-0.25, -0.2) is 0 Å². The monoisotopic (exact) mass is 270 g/mol. The summed E-state index contributed by atoms with van der Waals surface area (Å²) in [5.41, 5.74) is 5.52. The molecule has 2 heterocycles. The minimum atomic E-state index is -0.251. The van der Waals surface area contributed by atoms with Crippen molar-refractivity contribution >= 4 is 5.84 Å². The van der Waals surface area contributed by atoms with Crippen LogP contribution in [-0.2, 0) is 9.47 Å². The lowest BCUT2D eigenvalue weighted by molar-refractivity contribution is -0.0695. The summed E-state index contributed by atoms with van der Waals surface area (Å²) < 4.78 is 11.3. The maximum Gasteiger partial charge on any atom is 0.127 e. The van der Waals surface area contributed by atoms with E-state index in [1.54, 1.807) is 0 Å². The minimum absolute atomic E-state index is 0.123. The fourth-order valence-corrected chi connectivity index (χ4v) is 2.67. The molecule has 0 amide bonds. The van der Waals surface area contributed by atoms with Gasteiger partial charge in [0.15, 0.2) is 0 Å². The zero-order valence-corrected chi connectivity index (χ0v) is 12.0. The van der Waals surface area contributed by atoms with E-state index in [1.165, 1.54) is 0 Å². The highest BCUT2D eigenvalue weighted by atomic mass is 16.5. The van der Waals surface area contributed by atoms with Crippen molar-refractivity contribution in [2.45, 2.75) is 32.1 Å². The Bertz CT molecular complexity index is 311. The summed E-state index contributed by atoms with van der Waals surface area (Å²) in [6.07, 6.45) is 0.000371. The lowest BCUT2D eigenvalue weighted by atomic mass is 10.2. The number of amidine groups is 1. The largest absolute Gasteiger partial charge is 0.385 e. The van der Waals surface area contributed by atoms with E-state index in [9.17, 15) is 0 Å². The molecule has 2 aliphatic rings. The first-order valence-corrected chi connectivity index (χ1v) is 7.09. The van der Waals surface area contributed by atoms with Gasteiger partial charge in [-0.05, 0) is 13.8 Å². The SMILES string of the molecule is CC(C)N1CCOC(CN2CCOC(C(=N)N)C2)C1. The van der Waals surface area contributed by atoms with Crippen LogP contribution in [0.3, 0.4) is 0 Å². The van der Waals surface area contributed by atoms with Gasteiger partial charge in [-0.3, -0.25) is 15.2 Å². The summed E-state index contributed by atoms with van der Waals surface area (Å²) in [5.74, 6) is 0.123. The van der Waals surface area contributed by atoms with Crippen LogP contribution >= 0.6 is 0 Å². The molecule has 0 aliphatic carbocycles. The van der Waals surface area contributed by atoms with Gasteiger partial charge in [0, 0.05) is 38.8 Å². The molecule has 2 fully saturated rings. The summed E-state index contributed by atoms with van der Waals surface area (Å²) in [6, 6.07) is 0.570. The number of nitrogens with two attached hydrogens (primary N) is 1. The smallest absolute Gasteiger partial charge is 0.127 e. The summed E-state index contributed by atoms with van der Waals surface area (Å²) >= 11 is 0. The van der Waals surface area contributed by atoms with E-state index in [0.717, 1.165) is 32.8 Å². The van der Waals surface area contributed by atoms with Gasteiger partial charge in [0.25, 0.3) is 0 Å². The quantitative estimate of drug-likeness (QED) is 0.543. The molecule has 0 radical (unpaired) electrons. The molecule has 19 heavy (non-hydrogen) atoms. The number of nitrogens with zero attached hydrogens (tertiary/aromatic N) is 2. The third kappa shape index (κ3) is 4.14. The Labute approximate surface area is 115 Å². The second-order valence-corrected chi connectivity index (χ2v) is 5.66. The normalized spacial score (nSPS) is 30.7. The standard InChI is InChI=1S/C13H26N4O2/c1-10(2)17-4-6-18-11(8-17)7-16-3-5-19-12(9-16)13(14)15/h10-12H,3-9H2,1-2H3,(H3,14,15). The van der Waals surface area contributed by atoms with E-state index >= 15 is 0 Å². The lowest BCUT2D eigenvalue weighted by Gasteiger charge is -2.39. The average molecular weight is 270 g/mol. The van der Waals surface area contributed by atoms with Crippen LogP contribution in [0.15, 0.2) is 0 Å². The molecule has 3 N–H and O–H groups in total. The fraction of sp³-hybridized carbons (Fsp3) is 0.923. The molecular formula is C13H26N4O2. The average Bonchev–Trinajstić information content (AvgIpc) is 2.39. The third-order valence-corrected chi connectivity index (χ3v) is 3.86. The number of nitrogens with one attached hydrogen (secondary N) is 1. The van der Waals surface area contributed by atoms with Crippen LogP contribution in [0.1, 0.15) is 13.8 Å². The Hall–Kier alpha value is -0.690. The van der Waals surface area contributed by atoms with Crippen molar-refractivity contribution in [2.24, 2.45) is 5.73 Å². The molecule has 0 aromatic heterocycles. The maximum absolute atomic E-state index is 7.47. The molecule has 0 saturated carbocycles. The van der Waals surface area contributed by atoms with Crippen molar-refractivity contribution in [1.82, 2.24) is 9.80 Å². The molecule has 110 valence electrons. The molecule has 6 nitrogen and oxygen atoms in total. The fourth-order valence-electron chi connectivity index (χ4n) is 2.67. The first-order valence-electron chi connectivity index (χ1n) is 7.09. The molecule has 2 saturated heterocycles. The summed E-state index contributed by atoms with van der Waals surface area (Å²) in [4.78, 5) is 4.75. The van der Waals surface area contributed by atoms with Crippen LogP contribution < -0.4 is 5.73 Å². The minimum Gasteiger partial charge on any atom is -0.385 e. The molecule has 0 bridgehead atoms. The molecule has 2 unspecified atom stereocenters. The van der Waals surface area contributed by atoms with Crippen LogP contribution in [0.25, 0.3) is 0 Å². The van der Waals surface area contributed by atoms with Crippen molar-refractivity contribution in [3.63, 3.8) is 0 Å². The zero-order valence-electron chi connectivity index (χ0n) is 12.0. The molecule has 2 rings (SSSR count). The Kier molecular flexibility index (Phi) is 5.15. The van der Waals surface area contributed by atoms with Crippen LogP contribution in [-0.4, -0.2) is 79.8 Å². The molecule has 0 aromatic carbocycles. The highest BCUT2D eigenvalue weighted by Crippen LogP contribution is 2.12. The lowest BCUT2D eigenvalue weighted by Crippen LogP contribution is -2.54. The van der Waals surface area contributed by atoms with E-state index in [2.05, 4.69) is 23.6 Å². The summed E-state index contributed by atoms with van der Waals surface area (Å²) in [6.45, 7) is 10.4. The van der Waals surface area contributed by atoms with E-state index in [0.29, 0.717) is 19.2 Å². The number of hydrogen-bond donors (Lipinski definition) is 2. The van der Waals surface area contributed by atoms with Crippen molar-refractivity contribution in [2.75, 3.05) is 45.9 Å². The second kappa shape index (κ2) is 6.65. The van der Waals surface area contributed by atoms with Crippen molar-refractivity contribution in [3.05, 3.63) is 0 Å². The molecule has 0 aromatic rings. The highest BCUT2D eigenvalue weighted by molar-refractivity contribution is 5.82. The Morgan fingerprint density at radius 2 is 2.00 bits per heavy atom. The number of hydrogen-bond acceptors (Lipinski definition) is 5. The third-order valence-electron chi connectivity index (χ3n) is 3.86. The van der Waals surface area contributed by atoms with Crippen molar-refractivity contribution in [3.8, 4) is 0 Å². The van der Waals surface area contributed by atoms with Gasteiger partial charge in [0.05, 0.1) is 19.3 Å². The Morgan fingerprint density at radius 1 is 1.26 bits per heavy atom. The summed E-state index contributed by atoms with van der Waals surface area (Å²) in [7, 11) is 0. The summed E-state index contributed by atoms with van der Waals surface area (Å²) in [5, 5.41) is 7.47. The van der Waals surface area contributed by atoms with Gasteiger partial charge in [0.1, 0.15) is 11.9 Å².